The number of aryl methyl sites for hydroxylation is 2. The number of carbonyl (C=O) groups is 3. The van der Waals surface area contributed by atoms with Crippen LogP contribution in [0, 0.1) is 18.8 Å². The maximum atomic E-state index is 14.2. The first-order valence-electron chi connectivity index (χ1n) is 15.0. The Morgan fingerprint density at radius 3 is 2.36 bits per heavy atom. The van der Waals surface area contributed by atoms with Crippen LogP contribution in [0.4, 0.5) is 4.79 Å². The smallest absolute Gasteiger partial charge is 0.417 e. The molecule has 4 rings (SSSR count). The molecule has 0 radical (unpaired) electrons. The van der Waals surface area contributed by atoms with E-state index >= 15 is 0 Å². The van der Waals surface area contributed by atoms with Gasteiger partial charge in [0.05, 0.1) is 6.04 Å². The van der Waals surface area contributed by atoms with Crippen LogP contribution in [0.2, 0.25) is 0 Å². The van der Waals surface area contributed by atoms with Crippen LogP contribution in [-0.4, -0.2) is 46.0 Å². The summed E-state index contributed by atoms with van der Waals surface area (Å²) in [6.45, 7) is 9.66. The van der Waals surface area contributed by atoms with Crippen molar-refractivity contribution in [2.24, 2.45) is 11.8 Å². The predicted octanol–water partition coefficient (Wildman–Crippen LogP) is 7.17. The number of amides is 2. The zero-order valence-corrected chi connectivity index (χ0v) is 25.4. The number of Topliss-reactive ketones (excluding diaryl/α,β-unsaturated/α-hetero) is 1. The van der Waals surface area contributed by atoms with Crippen LogP contribution in [0.1, 0.15) is 80.8 Å². The molecule has 0 saturated carbocycles. The molecule has 0 unspecified atom stereocenters. The predicted molar refractivity (Wildman–Crippen MR) is 162 cm³/mol. The van der Waals surface area contributed by atoms with Crippen LogP contribution in [-0.2, 0) is 22.4 Å². The molecule has 42 heavy (non-hydrogen) atoms. The maximum absolute atomic E-state index is 14.2. The number of ketones is 1. The Balaban J connectivity index is 1.72. The van der Waals surface area contributed by atoms with E-state index in [1.807, 2.05) is 69.3 Å². The van der Waals surface area contributed by atoms with E-state index in [4.69, 9.17) is 14.3 Å². The van der Waals surface area contributed by atoms with E-state index in [2.05, 4.69) is 6.07 Å². The van der Waals surface area contributed by atoms with Gasteiger partial charge in [-0.2, -0.15) is 0 Å². The van der Waals surface area contributed by atoms with Crippen molar-refractivity contribution >= 4 is 17.8 Å². The number of carbonyl (C=O) groups excluding carboxylic acids is 3. The molecule has 0 bridgehead atoms. The summed E-state index contributed by atoms with van der Waals surface area (Å²) in [4.78, 5) is 42.7. The molecule has 2 aromatic carbocycles. The second-order valence-electron chi connectivity index (χ2n) is 12.2. The van der Waals surface area contributed by atoms with E-state index < -0.39 is 35.3 Å². The molecule has 2 atom stereocenters. The van der Waals surface area contributed by atoms with Crippen LogP contribution in [0.3, 0.4) is 0 Å². The lowest BCUT2D eigenvalue weighted by Crippen LogP contribution is -2.51. The second kappa shape index (κ2) is 13.5. The van der Waals surface area contributed by atoms with Gasteiger partial charge in [-0.3, -0.25) is 9.59 Å². The summed E-state index contributed by atoms with van der Waals surface area (Å²) in [5.41, 5.74) is 2.79. The Hall–Kier alpha value is -3.71. The normalized spacial score (nSPS) is 17.0. The summed E-state index contributed by atoms with van der Waals surface area (Å²) in [6.07, 6.45) is 3.47. The Labute approximate surface area is 248 Å². The Bertz CT molecular complexity index is 1390. The zero-order valence-electron chi connectivity index (χ0n) is 25.4. The van der Waals surface area contributed by atoms with E-state index in [-0.39, 0.29) is 24.7 Å². The van der Waals surface area contributed by atoms with Crippen LogP contribution in [0.15, 0.2) is 65.1 Å². The molecule has 1 N–H and O–H groups in total. The number of aliphatic hydroxyl groups excluding tert-OH is 1. The molecular formula is C35H43NO6. The summed E-state index contributed by atoms with van der Waals surface area (Å²) in [7, 11) is 0. The van der Waals surface area contributed by atoms with Gasteiger partial charge >= 0.3 is 6.09 Å². The number of aliphatic hydroxyl groups is 1. The minimum atomic E-state index is -1.16. The van der Waals surface area contributed by atoms with Gasteiger partial charge in [-0.1, -0.05) is 86.8 Å². The molecule has 3 aromatic rings. The van der Waals surface area contributed by atoms with Gasteiger partial charge in [-0.05, 0) is 63.1 Å². The van der Waals surface area contributed by atoms with Gasteiger partial charge in [-0.15, -0.1) is 0 Å². The number of hydrogen-bond acceptors (Lipinski definition) is 6. The molecule has 1 aliphatic heterocycles. The fourth-order valence-corrected chi connectivity index (χ4v) is 6.11. The maximum Gasteiger partial charge on any atom is 0.417 e. The molecule has 1 aliphatic rings. The van der Waals surface area contributed by atoms with Crippen molar-refractivity contribution < 1.29 is 28.6 Å². The number of ether oxygens (including phenoxy) is 1. The Kier molecular flexibility index (Phi) is 10.0. The summed E-state index contributed by atoms with van der Waals surface area (Å²) < 4.78 is 11.9. The van der Waals surface area contributed by atoms with Gasteiger partial charge in [0.15, 0.2) is 5.76 Å². The summed E-state index contributed by atoms with van der Waals surface area (Å²) in [6, 6.07) is 18.6. The average Bonchev–Trinajstić information content (AvgIpc) is 3.48. The van der Waals surface area contributed by atoms with Gasteiger partial charge in [0, 0.05) is 18.6 Å². The highest BCUT2D eigenvalue weighted by molar-refractivity contribution is 6.12. The van der Waals surface area contributed by atoms with Crippen LogP contribution in [0.25, 0.3) is 11.1 Å². The van der Waals surface area contributed by atoms with Gasteiger partial charge < -0.3 is 14.3 Å². The lowest BCUT2D eigenvalue weighted by atomic mass is 9.86. The Morgan fingerprint density at radius 1 is 0.976 bits per heavy atom. The molecule has 1 aromatic heterocycles. The van der Waals surface area contributed by atoms with Crippen molar-refractivity contribution in [3.63, 3.8) is 0 Å². The summed E-state index contributed by atoms with van der Waals surface area (Å²) in [5, 5.41) is 9.12. The molecule has 2 heterocycles. The highest BCUT2D eigenvalue weighted by Crippen LogP contribution is 2.37. The quantitative estimate of drug-likeness (QED) is 0.132. The van der Waals surface area contributed by atoms with Crippen LogP contribution >= 0.6 is 0 Å². The van der Waals surface area contributed by atoms with E-state index in [0.29, 0.717) is 12.2 Å². The minimum Gasteiger partial charge on any atom is -0.457 e. The van der Waals surface area contributed by atoms with Crippen LogP contribution < -0.4 is 0 Å². The number of nitrogens with zero attached hydrogens (tertiary/aromatic N) is 1. The van der Waals surface area contributed by atoms with Crippen molar-refractivity contribution in [1.29, 1.82) is 0 Å². The van der Waals surface area contributed by atoms with Crippen molar-refractivity contribution in [1.82, 2.24) is 4.90 Å². The molecule has 1 saturated heterocycles. The number of hydrogen-bond donors (Lipinski definition) is 1. The third kappa shape index (κ3) is 7.01. The highest BCUT2D eigenvalue weighted by Gasteiger charge is 2.54. The van der Waals surface area contributed by atoms with Crippen molar-refractivity contribution in [3.05, 3.63) is 83.3 Å². The average molecular weight is 574 g/mol. The third-order valence-corrected chi connectivity index (χ3v) is 8.00. The first-order chi connectivity index (χ1) is 20.0. The van der Waals surface area contributed by atoms with E-state index in [9.17, 15) is 14.4 Å². The minimum absolute atomic E-state index is 0.0724. The summed E-state index contributed by atoms with van der Waals surface area (Å²) in [5.74, 6) is -1.46. The number of imide groups is 1. The third-order valence-electron chi connectivity index (χ3n) is 8.00. The molecule has 1 fully saturated rings. The lowest BCUT2D eigenvalue weighted by Gasteiger charge is -2.32. The molecule has 0 spiro atoms. The molecule has 7 heteroatoms. The standard InChI is InChI=1S/C35H43NO6/c1-23(2)32-35(4,5)42-34(40)36(32)33(39)28(21-25-15-9-8-10-16-25)31(38)30-22-27(26-17-13-14-24(3)20-26)29(41-30)18-11-6-7-12-19-37/h8-10,13-17,20,22-23,28,32,37H,6-7,11-12,18-19,21H2,1-5H3/t28-,32-/m0/s1. The summed E-state index contributed by atoms with van der Waals surface area (Å²) >= 11 is 0. The topological polar surface area (TPSA) is 97.1 Å². The second-order valence-corrected chi connectivity index (χ2v) is 12.2. The fraction of sp³-hybridized carbons (Fsp3) is 0.457. The van der Waals surface area contributed by atoms with Gasteiger partial charge in [0.25, 0.3) is 0 Å². The highest BCUT2D eigenvalue weighted by atomic mass is 16.6. The van der Waals surface area contributed by atoms with E-state index in [1.54, 1.807) is 19.9 Å². The van der Waals surface area contributed by atoms with Crippen molar-refractivity contribution in [2.75, 3.05) is 6.61 Å². The molecular weight excluding hydrogens is 530 g/mol. The van der Waals surface area contributed by atoms with Crippen molar-refractivity contribution in [2.45, 2.75) is 84.8 Å². The molecule has 7 nitrogen and oxygen atoms in total. The molecule has 0 aliphatic carbocycles. The first kappa shape index (κ1) is 31.2. The van der Waals surface area contributed by atoms with E-state index in [0.717, 1.165) is 52.8 Å². The van der Waals surface area contributed by atoms with Crippen molar-refractivity contribution in [3.8, 4) is 11.1 Å². The fourth-order valence-electron chi connectivity index (χ4n) is 6.11. The molecule has 224 valence electrons. The zero-order chi connectivity index (χ0) is 30.4. The number of rotatable bonds is 13. The first-order valence-corrected chi connectivity index (χ1v) is 15.0. The number of benzene rings is 2. The Morgan fingerprint density at radius 2 is 1.69 bits per heavy atom. The number of furan rings is 1. The van der Waals surface area contributed by atoms with Gasteiger partial charge in [0.2, 0.25) is 11.7 Å². The van der Waals surface area contributed by atoms with Crippen LogP contribution in [0.5, 0.6) is 0 Å². The van der Waals surface area contributed by atoms with Gasteiger partial charge in [0.1, 0.15) is 17.3 Å². The number of cyclic esters (lactones) is 1. The number of unbranched alkanes of at least 4 members (excludes halogenated alkanes) is 3. The monoisotopic (exact) mass is 573 g/mol. The lowest BCUT2D eigenvalue weighted by molar-refractivity contribution is -0.133. The molecule has 2 amide bonds. The van der Waals surface area contributed by atoms with E-state index in [1.165, 1.54) is 0 Å². The SMILES string of the molecule is Cc1cccc(-c2cc(C(=O)[C@H](Cc3ccccc3)C(=O)N3C(=O)OC(C)(C)[C@@H]3C(C)C)oc2CCCCCCO)c1. The largest absolute Gasteiger partial charge is 0.457 e. The van der Waals surface area contributed by atoms with Gasteiger partial charge in [-0.25, -0.2) is 9.69 Å².